The maximum atomic E-state index is 12.2. The minimum absolute atomic E-state index is 0.195. The molecule has 0 radical (unpaired) electrons. The Balaban J connectivity index is 2.26. The Morgan fingerprint density at radius 2 is 2.04 bits per heavy atom. The highest BCUT2D eigenvalue weighted by molar-refractivity contribution is 8.18. The van der Waals surface area contributed by atoms with Crippen molar-refractivity contribution in [3.8, 4) is 11.5 Å². The van der Waals surface area contributed by atoms with E-state index < -0.39 is 5.97 Å². The van der Waals surface area contributed by atoms with Gasteiger partial charge < -0.3 is 14.2 Å². The number of halogens is 1. The second-order valence-electron chi connectivity index (χ2n) is 5.05. The minimum Gasteiger partial charge on any atom is -0.493 e. The number of ether oxygens (including phenoxy) is 3. The molecule has 26 heavy (non-hydrogen) atoms. The van der Waals surface area contributed by atoms with Crippen LogP contribution in [0.25, 0.3) is 6.08 Å². The number of carbonyl (C=O) groups is 3. The van der Waals surface area contributed by atoms with Crippen LogP contribution >= 0.6 is 23.4 Å². The van der Waals surface area contributed by atoms with Gasteiger partial charge in [-0.15, -0.1) is 0 Å². The zero-order valence-corrected chi connectivity index (χ0v) is 16.1. The average Bonchev–Trinajstić information content (AvgIpc) is 2.86. The number of likely N-dealkylation sites (N-methyl/N-ethyl adjacent to an activating group) is 1. The number of nitrogens with zero attached hydrogens (tertiary/aromatic N) is 1. The first kappa shape index (κ1) is 20.1. The standard InChI is InChI=1S/C17H18ClNO6S/c1-4-19-16(21)13(26-17(19)22)8-10-6-11(18)15(12(7-10)23-3)25-9-14(20)24-5-2/h6-8H,4-5,9H2,1-3H3/b13-8-. The molecule has 7 nitrogen and oxygen atoms in total. The van der Waals surface area contributed by atoms with E-state index in [4.69, 9.17) is 25.8 Å². The van der Waals surface area contributed by atoms with Gasteiger partial charge in [-0.3, -0.25) is 14.5 Å². The second-order valence-corrected chi connectivity index (χ2v) is 6.45. The molecule has 0 aromatic heterocycles. The van der Waals surface area contributed by atoms with E-state index >= 15 is 0 Å². The molecule has 0 spiro atoms. The molecule has 1 aromatic rings. The van der Waals surface area contributed by atoms with E-state index in [-0.39, 0.29) is 35.1 Å². The number of thioether (sulfide) groups is 1. The van der Waals surface area contributed by atoms with Crippen LogP contribution in [0.2, 0.25) is 5.02 Å². The molecule has 1 heterocycles. The molecule has 140 valence electrons. The molecule has 1 aliphatic rings. The van der Waals surface area contributed by atoms with Gasteiger partial charge in [0, 0.05) is 6.54 Å². The Morgan fingerprint density at radius 1 is 1.31 bits per heavy atom. The molecular weight excluding hydrogens is 382 g/mol. The lowest BCUT2D eigenvalue weighted by Gasteiger charge is -2.13. The van der Waals surface area contributed by atoms with E-state index in [1.807, 2.05) is 0 Å². The first-order valence-electron chi connectivity index (χ1n) is 7.82. The molecule has 0 atom stereocenters. The Labute approximate surface area is 160 Å². The third-order valence-electron chi connectivity index (χ3n) is 3.38. The van der Waals surface area contributed by atoms with Crippen molar-refractivity contribution in [1.29, 1.82) is 0 Å². The van der Waals surface area contributed by atoms with Crippen LogP contribution in [-0.2, 0) is 14.3 Å². The van der Waals surface area contributed by atoms with Gasteiger partial charge in [-0.1, -0.05) is 11.6 Å². The highest BCUT2D eigenvalue weighted by atomic mass is 35.5. The third kappa shape index (κ3) is 4.50. The number of benzene rings is 1. The quantitative estimate of drug-likeness (QED) is 0.513. The Kier molecular flexibility index (Phi) is 6.93. The largest absolute Gasteiger partial charge is 0.493 e. The smallest absolute Gasteiger partial charge is 0.344 e. The fourth-order valence-corrected chi connectivity index (χ4v) is 3.40. The summed E-state index contributed by atoms with van der Waals surface area (Å²) in [6, 6.07) is 3.16. The highest BCUT2D eigenvalue weighted by Gasteiger charge is 2.33. The van der Waals surface area contributed by atoms with E-state index in [9.17, 15) is 14.4 Å². The van der Waals surface area contributed by atoms with Gasteiger partial charge in [0.25, 0.3) is 11.1 Å². The monoisotopic (exact) mass is 399 g/mol. The first-order valence-corrected chi connectivity index (χ1v) is 9.02. The van der Waals surface area contributed by atoms with E-state index in [2.05, 4.69) is 0 Å². The summed E-state index contributed by atoms with van der Waals surface area (Å²) in [7, 11) is 1.43. The van der Waals surface area contributed by atoms with Crippen molar-refractivity contribution in [2.75, 3.05) is 26.9 Å². The van der Waals surface area contributed by atoms with Gasteiger partial charge in [-0.05, 0) is 49.4 Å². The summed E-state index contributed by atoms with van der Waals surface area (Å²) < 4.78 is 15.4. The van der Waals surface area contributed by atoms with E-state index in [0.717, 1.165) is 16.7 Å². The summed E-state index contributed by atoms with van der Waals surface area (Å²) in [5.41, 5.74) is 0.567. The van der Waals surface area contributed by atoms with Crippen molar-refractivity contribution >= 4 is 46.6 Å². The maximum Gasteiger partial charge on any atom is 0.344 e. The van der Waals surface area contributed by atoms with Crippen molar-refractivity contribution in [3.05, 3.63) is 27.6 Å². The predicted molar refractivity (Wildman–Crippen MR) is 98.5 cm³/mol. The van der Waals surface area contributed by atoms with Gasteiger partial charge in [0.05, 0.1) is 23.6 Å². The topological polar surface area (TPSA) is 82.1 Å². The SMILES string of the molecule is CCOC(=O)COc1c(Cl)cc(/C=C2\SC(=O)N(CC)C2=O)cc1OC. The van der Waals surface area contributed by atoms with Gasteiger partial charge in [0.1, 0.15) is 0 Å². The number of imide groups is 1. The third-order valence-corrected chi connectivity index (χ3v) is 4.57. The summed E-state index contributed by atoms with van der Waals surface area (Å²) >= 11 is 7.09. The van der Waals surface area contributed by atoms with E-state index in [0.29, 0.717) is 22.8 Å². The summed E-state index contributed by atoms with van der Waals surface area (Å²) in [5, 5.41) is -0.106. The molecular formula is C17H18ClNO6S. The number of methoxy groups -OCH3 is 1. The lowest BCUT2D eigenvalue weighted by molar-refractivity contribution is -0.145. The molecule has 0 unspecified atom stereocenters. The van der Waals surface area contributed by atoms with Crippen molar-refractivity contribution in [3.63, 3.8) is 0 Å². The number of hydrogen-bond donors (Lipinski definition) is 0. The zero-order valence-electron chi connectivity index (χ0n) is 14.5. The Bertz CT molecular complexity index is 764. The molecule has 0 N–H and O–H groups in total. The summed E-state index contributed by atoms with van der Waals surface area (Å²) in [6.45, 7) is 3.68. The van der Waals surface area contributed by atoms with Crippen LogP contribution < -0.4 is 9.47 Å². The molecule has 2 amide bonds. The predicted octanol–water partition coefficient (Wildman–Crippen LogP) is 3.35. The molecule has 1 fully saturated rings. The lowest BCUT2D eigenvalue weighted by Crippen LogP contribution is -2.27. The molecule has 1 saturated heterocycles. The van der Waals surface area contributed by atoms with Crippen LogP contribution in [0.1, 0.15) is 19.4 Å². The number of amides is 2. The fraction of sp³-hybridized carbons (Fsp3) is 0.353. The van der Waals surface area contributed by atoms with Crippen molar-refractivity contribution < 1.29 is 28.6 Å². The van der Waals surface area contributed by atoms with E-state index in [1.54, 1.807) is 32.1 Å². The van der Waals surface area contributed by atoms with Crippen LogP contribution in [0.15, 0.2) is 17.0 Å². The summed E-state index contributed by atoms with van der Waals surface area (Å²) in [6.07, 6.45) is 1.56. The van der Waals surface area contributed by atoms with Crippen LogP contribution in [0.4, 0.5) is 4.79 Å². The van der Waals surface area contributed by atoms with Crippen molar-refractivity contribution in [2.24, 2.45) is 0 Å². The molecule has 0 saturated carbocycles. The van der Waals surface area contributed by atoms with Crippen LogP contribution in [0, 0.1) is 0 Å². The van der Waals surface area contributed by atoms with Crippen molar-refractivity contribution in [2.45, 2.75) is 13.8 Å². The van der Waals surface area contributed by atoms with Crippen molar-refractivity contribution in [1.82, 2.24) is 4.90 Å². The lowest BCUT2D eigenvalue weighted by atomic mass is 10.1. The van der Waals surface area contributed by atoms with E-state index in [1.165, 1.54) is 7.11 Å². The van der Waals surface area contributed by atoms with Crippen LogP contribution in [-0.4, -0.2) is 48.9 Å². The molecule has 1 aromatic carbocycles. The molecule has 9 heteroatoms. The fourth-order valence-electron chi connectivity index (χ4n) is 2.22. The second kappa shape index (κ2) is 8.95. The maximum absolute atomic E-state index is 12.2. The Hall–Kier alpha value is -2.19. The molecule has 0 bridgehead atoms. The Morgan fingerprint density at radius 3 is 2.62 bits per heavy atom. The number of carbonyl (C=O) groups excluding carboxylic acids is 3. The van der Waals surface area contributed by atoms with Crippen LogP contribution in [0.3, 0.4) is 0 Å². The highest BCUT2D eigenvalue weighted by Crippen LogP contribution is 2.38. The minimum atomic E-state index is -0.525. The number of rotatable bonds is 7. The number of esters is 1. The average molecular weight is 400 g/mol. The van der Waals surface area contributed by atoms with Gasteiger partial charge in [0.2, 0.25) is 0 Å². The van der Waals surface area contributed by atoms with Gasteiger partial charge in [-0.2, -0.15) is 0 Å². The summed E-state index contributed by atoms with van der Waals surface area (Å²) in [5.74, 6) is -0.382. The summed E-state index contributed by atoms with van der Waals surface area (Å²) in [4.78, 5) is 36.8. The van der Waals surface area contributed by atoms with Gasteiger partial charge >= 0.3 is 5.97 Å². The zero-order chi connectivity index (χ0) is 19.3. The first-order chi connectivity index (χ1) is 12.4. The molecule has 0 aliphatic carbocycles. The molecule has 2 rings (SSSR count). The number of hydrogen-bond acceptors (Lipinski definition) is 7. The van der Waals surface area contributed by atoms with Crippen LogP contribution in [0.5, 0.6) is 11.5 Å². The van der Waals surface area contributed by atoms with Gasteiger partial charge in [-0.25, -0.2) is 4.79 Å². The van der Waals surface area contributed by atoms with Gasteiger partial charge in [0.15, 0.2) is 18.1 Å². The molecule has 1 aliphatic heterocycles. The normalized spacial score (nSPS) is 15.5.